The molecule has 2 aromatic rings. The number of hydrogen-bond donors (Lipinski definition) is 1. The van der Waals surface area contributed by atoms with E-state index in [-0.39, 0.29) is 16.5 Å². The first-order valence-corrected chi connectivity index (χ1v) is 6.59. The third kappa shape index (κ3) is 2.73. The molecule has 0 fully saturated rings. The van der Waals surface area contributed by atoms with Gasteiger partial charge in [-0.15, -0.1) is 11.3 Å². The zero-order valence-electron chi connectivity index (χ0n) is 10.9. The van der Waals surface area contributed by atoms with Crippen LogP contribution < -0.4 is 5.56 Å². The van der Waals surface area contributed by atoms with Crippen molar-refractivity contribution in [1.29, 1.82) is 0 Å². The molecule has 0 amide bonds. The number of carboxylic acid groups (broad SMARTS) is 1. The van der Waals surface area contributed by atoms with Crippen molar-refractivity contribution >= 4 is 17.3 Å². The van der Waals surface area contributed by atoms with Crippen LogP contribution in [0.25, 0.3) is 5.13 Å². The Labute approximate surface area is 114 Å². The quantitative estimate of drug-likeness (QED) is 0.914. The summed E-state index contributed by atoms with van der Waals surface area (Å²) in [5.74, 6) is -1.07. The molecule has 100 valence electrons. The van der Waals surface area contributed by atoms with Crippen LogP contribution in [0.5, 0.6) is 0 Å². The van der Waals surface area contributed by atoms with Crippen molar-refractivity contribution in [2.75, 3.05) is 0 Å². The summed E-state index contributed by atoms with van der Waals surface area (Å²) in [7, 11) is 0. The zero-order valence-corrected chi connectivity index (χ0v) is 11.7. The topological polar surface area (TPSA) is 72.2 Å². The van der Waals surface area contributed by atoms with Gasteiger partial charge in [-0.25, -0.2) is 9.78 Å². The number of carboxylic acids is 1. The van der Waals surface area contributed by atoms with E-state index in [1.54, 1.807) is 0 Å². The van der Waals surface area contributed by atoms with Gasteiger partial charge in [0.1, 0.15) is 0 Å². The summed E-state index contributed by atoms with van der Waals surface area (Å²) in [5, 5.41) is 11.3. The van der Waals surface area contributed by atoms with Crippen LogP contribution in [0.3, 0.4) is 0 Å². The van der Waals surface area contributed by atoms with E-state index in [9.17, 15) is 9.59 Å². The Hall–Kier alpha value is -1.95. The smallest absolute Gasteiger partial charge is 0.337 e. The van der Waals surface area contributed by atoms with Crippen molar-refractivity contribution in [3.05, 3.63) is 45.3 Å². The lowest BCUT2D eigenvalue weighted by Crippen LogP contribution is -2.19. The number of pyridine rings is 1. The fraction of sp³-hybridized carbons (Fsp3) is 0.308. The second kappa shape index (κ2) is 4.62. The highest BCUT2D eigenvalue weighted by molar-refractivity contribution is 7.12. The van der Waals surface area contributed by atoms with Crippen molar-refractivity contribution in [3.63, 3.8) is 0 Å². The lowest BCUT2D eigenvalue weighted by Gasteiger charge is -2.14. The summed E-state index contributed by atoms with van der Waals surface area (Å²) >= 11 is 1.32. The van der Waals surface area contributed by atoms with Gasteiger partial charge in [0.05, 0.1) is 11.3 Å². The van der Waals surface area contributed by atoms with Crippen molar-refractivity contribution in [2.45, 2.75) is 26.2 Å². The standard InChI is InChI=1S/C13H14N2O3S/c1-13(2,3)9-7-19-12(14-9)15-6-8(11(17)18)4-5-10(15)16/h4-7H,1-3H3,(H,17,18). The van der Waals surface area contributed by atoms with Gasteiger partial charge in [-0.3, -0.25) is 9.36 Å². The number of aromatic nitrogens is 2. The Morgan fingerprint density at radius 2 is 2.05 bits per heavy atom. The van der Waals surface area contributed by atoms with Crippen LogP contribution >= 0.6 is 11.3 Å². The fourth-order valence-corrected chi connectivity index (χ4v) is 2.51. The van der Waals surface area contributed by atoms with Crippen LogP contribution in [0, 0.1) is 0 Å². The molecule has 0 aliphatic heterocycles. The molecule has 0 atom stereocenters. The first-order valence-electron chi connectivity index (χ1n) is 5.71. The second-order valence-electron chi connectivity index (χ2n) is 5.20. The SMILES string of the molecule is CC(C)(C)c1csc(-n2cc(C(=O)O)ccc2=O)n1. The Bertz CT molecular complexity index is 680. The molecule has 0 bridgehead atoms. The van der Waals surface area contributed by atoms with Crippen LogP contribution in [-0.2, 0) is 5.41 Å². The number of thiazole rings is 1. The van der Waals surface area contributed by atoms with E-state index in [0.29, 0.717) is 5.13 Å². The van der Waals surface area contributed by atoms with Gasteiger partial charge < -0.3 is 5.11 Å². The van der Waals surface area contributed by atoms with Crippen LogP contribution in [0.4, 0.5) is 0 Å². The molecule has 2 aromatic heterocycles. The van der Waals surface area contributed by atoms with E-state index in [0.717, 1.165) is 5.69 Å². The fourth-order valence-electron chi connectivity index (χ4n) is 1.48. The molecule has 0 aromatic carbocycles. The Balaban J connectivity index is 2.53. The van der Waals surface area contributed by atoms with E-state index in [1.165, 1.54) is 34.2 Å². The van der Waals surface area contributed by atoms with E-state index >= 15 is 0 Å². The minimum atomic E-state index is -1.07. The third-order valence-corrected chi connectivity index (χ3v) is 3.46. The maximum absolute atomic E-state index is 11.8. The van der Waals surface area contributed by atoms with Gasteiger partial charge in [0.15, 0.2) is 5.13 Å². The maximum Gasteiger partial charge on any atom is 0.337 e. The largest absolute Gasteiger partial charge is 0.478 e. The highest BCUT2D eigenvalue weighted by Gasteiger charge is 2.18. The summed E-state index contributed by atoms with van der Waals surface area (Å²) in [6, 6.07) is 2.53. The van der Waals surface area contributed by atoms with E-state index < -0.39 is 5.97 Å². The summed E-state index contributed by atoms with van der Waals surface area (Å²) in [5.41, 5.74) is 0.537. The summed E-state index contributed by atoms with van der Waals surface area (Å²) < 4.78 is 1.27. The molecule has 1 N–H and O–H groups in total. The molecule has 19 heavy (non-hydrogen) atoms. The van der Waals surface area contributed by atoms with Crippen molar-refractivity contribution in [3.8, 4) is 5.13 Å². The molecule has 0 saturated heterocycles. The molecule has 2 rings (SSSR count). The molecule has 5 nitrogen and oxygen atoms in total. The van der Waals surface area contributed by atoms with Gasteiger partial charge in [-0.2, -0.15) is 0 Å². The Morgan fingerprint density at radius 1 is 1.37 bits per heavy atom. The van der Waals surface area contributed by atoms with Gasteiger partial charge >= 0.3 is 5.97 Å². The van der Waals surface area contributed by atoms with Gasteiger partial charge in [0, 0.05) is 23.1 Å². The molecular weight excluding hydrogens is 264 g/mol. The van der Waals surface area contributed by atoms with E-state index in [4.69, 9.17) is 5.11 Å². The minimum absolute atomic E-state index is 0.0621. The number of hydrogen-bond acceptors (Lipinski definition) is 4. The lowest BCUT2D eigenvalue weighted by molar-refractivity contribution is 0.0696. The predicted octanol–water partition coefficient (Wildman–Crippen LogP) is 2.29. The summed E-state index contributed by atoms with van der Waals surface area (Å²) in [6.45, 7) is 6.09. The normalized spacial score (nSPS) is 11.5. The van der Waals surface area contributed by atoms with Crippen LogP contribution in [-0.4, -0.2) is 20.6 Å². The molecule has 6 heteroatoms. The summed E-state index contributed by atoms with van der Waals surface area (Å²) in [6.07, 6.45) is 1.30. The average Bonchev–Trinajstić information content (AvgIpc) is 2.78. The van der Waals surface area contributed by atoms with E-state index in [2.05, 4.69) is 4.98 Å². The van der Waals surface area contributed by atoms with Crippen molar-refractivity contribution in [2.24, 2.45) is 0 Å². The lowest BCUT2D eigenvalue weighted by atomic mass is 9.93. The molecule has 0 radical (unpaired) electrons. The molecule has 0 saturated carbocycles. The van der Waals surface area contributed by atoms with Crippen LogP contribution in [0.2, 0.25) is 0 Å². The highest BCUT2D eigenvalue weighted by Crippen LogP contribution is 2.25. The first-order chi connectivity index (χ1) is 8.79. The molecule has 2 heterocycles. The first kappa shape index (κ1) is 13.5. The molecule has 0 spiro atoms. The number of rotatable bonds is 2. The molecule has 0 aliphatic rings. The number of carbonyl (C=O) groups is 1. The number of aromatic carboxylic acids is 1. The third-order valence-electron chi connectivity index (χ3n) is 2.62. The average molecular weight is 278 g/mol. The van der Waals surface area contributed by atoms with Gasteiger partial charge in [-0.1, -0.05) is 20.8 Å². The Kier molecular flexibility index (Phi) is 3.28. The van der Waals surface area contributed by atoms with Crippen molar-refractivity contribution in [1.82, 2.24) is 9.55 Å². The zero-order chi connectivity index (χ0) is 14.2. The molecule has 0 aliphatic carbocycles. The van der Waals surface area contributed by atoms with Gasteiger partial charge in [0.25, 0.3) is 5.56 Å². The summed E-state index contributed by atoms with van der Waals surface area (Å²) in [4.78, 5) is 27.1. The van der Waals surface area contributed by atoms with E-state index in [1.807, 2.05) is 26.2 Å². The molecule has 0 unspecified atom stereocenters. The van der Waals surface area contributed by atoms with Crippen molar-refractivity contribution < 1.29 is 9.90 Å². The maximum atomic E-state index is 11.8. The van der Waals surface area contributed by atoms with Crippen LogP contribution in [0.15, 0.2) is 28.5 Å². The van der Waals surface area contributed by atoms with Crippen LogP contribution in [0.1, 0.15) is 36.8 Å². The minimum Gasteiger partial charge on any atom is -0.478 e. The Morgan fingerprint density at radius 3 is 2.58 bits per heavy atom. The number of nitrogens with zero attached hydrogens (tertiary/aromatic N) is 2. The van der Waals surface area contributed by atoms with Gasteiger partial charge in [0.2, 0.25) is 0 Å². The molecular formula is C13H14N2O3S. The monoisotopic (exact) mass is 278 g/mol. The van der Waals surface area contributed by atoms with Gasteiger partial charge in [-0.05, 0) is 6.07 Å². The highest BCUT2D eigenvalue weighted by atomic mass is 32.1. The second-order valence-corrected chi connectivity index (χ2v) is 6.03. The predicted molar refractivity (Wildman–Crippen MR) is 73.4 cm³/mol.